The average Bonchev–Trinajstić information content (AvgIpc) is 2.75. The quantitative estimate of drug-likeness (QED) is 0.658. The van der Waals surface area contributed by atoms with Gasteiger partial charge in [-0.2, -0.15) is 4.31 Å². The fourth-order valence-corrected chi connectivity index (χ4v) is 5.26. The molecule has 2 aromatic rings. The first-order valence-corrected chi connectivity index (χ1v) is 12.4. The van der Waals surface area contributed by atoms with E-state index in [-0.39, 0.29) is 5.91 Å². The van der Waals surface area contributed by atoms with Crippen LogP contribution in [0.15, 0.2) is 47.4 Å². The molecular formula is C22H27Cl2N3O3S. The lowest BCUT2D eigenvalue weighted by molar-refractivity contribution is -0.121. The Kier molecular flexibility index (Phi) is 7.65. The maximum Gasteiger partial charge on any atom is 0.243 e. The summed E-state index contributed by atoms with van der Waals surface area (Å²) in [5.74, 6) is 0.125. The van der Waals surface area contributed by atoms with Crippen molar-refractivity contribution >= 4 is 44.8 Å². The number of sulfonamides is 1. The molecule has 2 aromatic carbocycles. The Bertz CT molecular complexity index is 1030. The minimum Gasteiger partial charge on any atom is -0.323 e. The van der Waals surface area contributed by atoms with E-state index in [0.29, 0.717) is 52.7 Å². The first-order chi connectivity index (χ1) is 14.6. The van der Waals surface area contributed by atoms with Gasteiger partial charge in [-0.3, -0.25) is 9.69 Å². The Labute approximate surface area is 194 Å². The zero-order valence-corrected chi connectivity index (χ0v) is 20.1. The minimum atomic E-state index is -3.56. The van der Waals surface area contributed by atoms with E-state index in [4.69, 9.17) is 23.2 Å². The molecule has 1 aliphatic heterocycles. The number of hydrogen-bond acceptors (Lipinski definition) is 4. The topological polar surface area (TPSA) is 69.7 Å². The molecule has 168 valence electrons. The first-order valence-electron chi connectivity index (χ1n) is 10.2. The van der Waals surface area contributed by atoms with Crippen LogP contribution in [-0.4, -0.2) is 55.8 Å². The summed E-state index contributed by atoms with van der Waals surface area (Å²) in [5.41, 5.74) is 1.56. The van der Waals surface area contributed by atoms with Crippen molar-refractivity contribution < 1.29 is 13.2 Å². The van der Waals surface area contributed by atoms with Crippen molar-refractivity contribution in [1.29, 1.82) is 0 Å². The van der Waals surface area contributed by atoms with Crippen LogP contribution in [-0.2, 0) is 14.8 Å². The highest BCUT2D eigenvalue weighted by Crippen LogP contribution is 2.26. The van der Waals surface area contributed by atoms with E-state index in [0.717, 1.165) is 5.56 Å². The normalized spacial score (nSPS) is 17.0. The summed E-state index contributed by atoms with van der Waals surface area (Å²) in [5, 5.41) is 3.69. The number of nitrogens with zero attached hydrogens (tertiary/aromatic N) is 2. The Hall–Kier alpha value is -1.64. The SMILES string of the molecule is CC(C)c1ccc(S(=O)(=O)N2CCN([C@@H](C)C(=O)Nc3cc(Cl)ccc3Cl)CC2)cc1. The third-order valence-electron chi connectivity index (χ3n) is 5.57. The van der Waals surface area contributed by atoms with Crippen molar-refractivity contribution in [2.45, 2.75) is 37.6 Å². The lowest BCUT2D eigenvalue weighted by atomic mass is 10.0. The predicted octanol–water partition coefficient (Wildman–Crippen LogP) is 4.45. The van der Waals surface area contributed by atoms with Gasteiger partial charge < -0.3 is 5.32 Å². The van der Waals surface area contributed by atoms with Crippen LogP contribution in [0.4, 0.5) is 5.69 Å². The highest BCUT2D eigenvalue weighted by Gasteiger charge is 2.32. The third-order valence-corrected chi connectivity index (χ3v) is 8.05. The van der Waals surface area contributed by atoms with Crippen molar-refractivity contribution in [2.75, 3.05) is 31.5 Å². The second kappa shape index (κ2) is 9.88. The number of carbonyl (C=O) groups is 1. The van der Waals surface area contributed by atoms with E-state index in [1.807, 2.05) is 17.0 Å². The largest absolute Gasteiger partial charge is 0.323 e. The Morgan fingerprint density at radius 3 is 2.16 bits per heavy atom. The molecule has 31 heavy (non-hydrogen) atoms. The molecule has 6 nitrogen and oxygen atoms in total. The molecule has 1 amide bonds. The van der Waals surface area contributed by atoms with Gasteiger partial charge in [0.05, 0.1) is 21.6 Å². The van der Waals surface area contributed by atoms with Gasteiger partial charge in [-0.15, -0.1) is 0 Å². The summed E-state index contributed by atoms with van der Waals surface area (Å²) in [7, 11) is -3.56. The molecule has 0 spiro atoms. The number of benzene rings is 2. The number of piperazine rings is 1. The van der Waals surface area contributed by atoms with E-state index < -0.39 is 16.1 Å². The van der Waals surface area contributed by atoms with Crippen molar-refractivity contribution in [3.8, 4) is 0 Å². The van der Waals surface area contributed by atoms with Gasteiger partial charge in [-0.05, 0) is 48.7 Å². The summed E-state index contributed by atoms with van der Waals surface area (Å²) >= 11 is 12.1. The maximum absolute atomic E-state index is 13.0. The van der Waals surface area contributed by atoms with E-state index >= 15 is 0 Å². The molecule has 1 N–H and O–H groups in total. The van der Waals surface area contributed by atoms with Gasteiger partial charge in [0.15, 0.2) is 0 Å². The third kappa shape index (κ3) is 5.59. The Morgan fingerprint density at radius 2 is 1.58 bits per heavy atom. The summed E-state index contributed by atoms with van der Waals surface area (Å²) < 4.78 is 27.5. The number of anilines is 1. The standard InChI is InChI=1S/C22H27Cl2N3O3S/c1-15(2)17-4-7-19(8-5-17)31(29,30)27-12-10-26(11-13-27)16(3)22(28)25-21-14-18(23)6-9-20(21)24/h4-9,14-16H,10-13H2,1-3H3,(H,25,28)/t16-/m0/s1. The molecule has 0 saturated carbocycles. The predicted molar refractivity (Wildman–Crippen MR) is 125 cm³/mol. The zero-order valence-electron chi connectivity index (χ0n) is 17.8. The molecule has 1 atom stereocenters. The van der Waals surface area contributed by atoms with Gasteiger partial charge >= 0.3 is 0 Å². The van der Waals surface area contributed by atoms with Crippen LogP contribution < -0.4 is 5.32 Å². The number of carbonyl (C=O) groups excluding carboxylic acids is 1. The Morgan fingerprint density at radius 1 is 0.968 bits per heavy atom. The highest BCUT2D eigenvalue weighted by atomic mass is 35.5. The summed E-state index contributed by atoms with van der Waals surface area (Å²) in [4.78, 5) is 14.9. The van der Waals surface area contributed by atoms with Gasteiger partial charge in [-0.1, -0.05) is 49.2 Å². The number of nitrogens with one attached hydrogen (secondary N) is 1. The van der Waals surface area contributed by atoms with Gasteiger partial charge in [0.2, 0.25) is 15.9 Å². The molecule has 0 radical (unpaired) electrons. The van der Waals surface area contributed by atoms with Crippen LogP contribution in [0, 0.1) is 0 Å². The molecule has 1 aliphatic rings. The summed E-state index contributed by atoms with van der Waals surface area (Å²) in [6.07, 6.45) is 0. The molecule has 1 saturated heterocycles. The van der Waals surface area contributed by atoms with Crippen LogP contribution in [0.3, 0.4) is 0 Å². The number of amides is 1. The van der Waals surface area contributed by atoms with Gasteiger partial charge in [0, 0.05) is 31.2 Å². The highest BCUT2D eigenvalue weighted by molar-refractivity contribution is 7.89. The zero-order chi connectivity index (χ0) is 22.8. The minimum absolute atomic E-state index is 0.218. The monoisotopic (exact) mass is 483 g/mol. The average molecular weight is 484 g/mol. The molecule has 1 fully saturated rings. The van der Waals surface area contributed by atoms with Crippen molar-refractivity contribution in [2.24, 2.45) is 0 Å². The molecule has 0 aliphatic carbocycles. The lowest BCUT2D eigenvalue weighted by Gasteiger charge is -2.36. The van der Waals surface area contributed by atoms with Crippen LogP contribution in [0.2, 0.25) is 10.0 Å². The van der Waals surface area contributed by atoms with Crippen LogP contribution >= 0.6 is 23.2 Å². The first kappa shape index (κ1) is 24.0. The maximum atomic E-state index is 13.0. The fraction of sp³-hybridized carbons (Fsp3) is 0.409. The van der Waals surface area contributed by atoms with E-state index in [1.54, 1.807) is 37.3 Å². The lowest BCUT2D eigenvalue weighted by Crippen LogP contribution is -2.53. The smallest absolute Gasteiger partial charge is 0.243 e. The molecule has 0 bridgehead atoms. The van der Waals surface area contributed by atoms with E-state index in [9.17, 15) is 13.2 Å². The number of rotatable bonds is 6. The molecular weight excluding hydrogens is 457 g/mol. The molecule has 3 rings (SSSR count). The van der Waals surface area contributed by atoms with E-state index in [2.05, 4.69) is 19.2 Å². The van der Waals surface area contributed by atoms with Crippen LogP contribution in [0.5, 0.6) is 0 Å². The van der Waals surface area contributed by atoms with Crippen molar-refractivity contribution in [3.05, 3.63) is 58.1 Å². The van der Waals surface area contributed by atoms with E-state index in [1.165, 1.54) is 4.31 Å². The molecule has 0 aromatic heterocycles. The van der Waals surface area contributed by atoms with Gasteiger partial charge in [-0.25, -0.2) is 8.42 Å². The Balaban J connectivity index is 1.61. The second-order valence-corrected chi connectivity index (χ2v) is 10.7. The molecule has 9 heteroatoms. The van der Waals surface area contributed by atoms with Gasteiger partial charge in [0.1, 0.15) is 0 Å². The van der Waals surface area contributed by atoms with Crippen LogP contribution in [0.1, 0.15) is 32.3 Å². The summed E-state index contributed by atoms with van der Waals surface area (Å²) in [6.45, 7) is 7.50. The second-order valence-electron chi connectivity index (χ2n) is 7.95. The number of hydrogen-bond donors (Lipinski definition) is 1. The summed E-state index contributed by atoms with van der Waals surface area (Å²) in [6, 6.07) is 11.5. The van der Waals surface area contributed by atoms with Crippen molar-refractivity contribution in [1.82, 2.24) is 9.21 Å². The van der Waals surface area contributed by atoms with Crippen LogP contribution in [0.25, 0.3) is 0 Å². The fourth-order valence-electron chi connectivity index (χ4n) is 3.50. The molecule has 0 unspecified atom stereocenters. The number of halogens is 2. The van der Waals surface area contributed by atoms with Gasteiger partial charge in [0.25, 0.3) is 0 Å². The molecule has 1 heterocycles. The van der Waals surface area contributed by atoms with Crippen molar-refractivity contribution in [3.63, 3.8) is 0 Å².